The number of halogens is 1. The fraction of sp³-hybridized carbons (Fsp3) is 0.233. The molecule has 1 aliphatic rings. The monoisotopic (exact) mass is 712 g/mol. The minimum Gasteiger partial charge on any atom is -0.494 e. The number of carbonyl (C=O) groups excluding carboxylic acids is 1. The Bertz CT molecular complexity index is 1960. The summed E-state index contributed by atoms with van der Waals surface area (Å²) in [6, 6.07) is 35.3. The van der Waals surface area contributed by atoms with Gasteiger partial charge in [-0.3, -0.25) is 9.69 Å². The van der Waals surface area contributed by atoms with E-state index in [0.29, 0.717) is 54.3 Å². The molecule has 0 N–H and O–H groups in total. The van der Waals surface area contributed by atoms with Crippen LogP contribution in [-0.2, 0) is 24.4 Å². The normalized spacial score (nSPS) is 13.1. The van der Waals surface area contributed by atoms with Crippen LogP contribution in [0.25, 0.3) is 6.08 Å². The first-order chi connectivity index (χ1) is 25.4. The van der Waals surface area contributed by atoms with Gasteiger partial charge in [-0.25, -0.2) is 4.98 Å². The molecule has 0 spiro atoms. The number of carbonyl (C=O) groups is 1. The highest BCUT2D eigenvalue weighted by molar-refractivity contribution is 6.32. The van der Waals surface area contributed by atoms with Crippen LogP contribution in [0.15, 0.2) is 115 Å². The summed E-state index contributed by atoms with van der Waals surface area (Å²) in [6.07, 6.45) is 6.96. The van der Waals surface area contributed by atoms with Crippen molar-refractivity contribution >= 4 is 23.6 Å². The van der Waals surface area contributed by atoms with Gasteiger partial charge in [0.2, 0.25) is 11.8 Å². The summed E-state index contributed by atoms with van der Waals surface area (Å²) >= 11 is 6.62. The zero-order valence-electron chi connectivity index (χ0n) is 29.2. The number of aryl methyl sites for hydroxylation is 2. The van der Waals surface area contributed by atoms with E-state index in [2.05, 4.69) is 40.2 Å². The lowest BCUT2D eigenvalue weighted by atomic mass is 10.1. The minimum absolute atomic E-state index is 0.0139. The van der Waals surface area contributed by atoms with Crippen LogP contribution in [0.2, 0.25) is 5.02 Å². The van der Waals surface area contributed by atoms with Gasteiger partial charge in [0.1, 0.15) is 18.1 Å². The number of nitriles is 1. The first-order valence-electron chi connectivity index (χ1n) is 17.4. The van der Waals surface area contributed by atoms with Crippen LogP contribution < -0.4 is 14.2 Å². The molecular weight excluding hydrogens is 672 g/mol. The third-order valence-corrected chi connectivity index (χ3v) is 9.09. The summed E-state index contributed by atoms with van der Waals surface area (Å²) in [7, 11) is 0. The van der Waals surface area contributed by atoms with Crippen molar-refractivity contribution in [2.45, 2.75) is 32.9 Å². The molecule has 6 rings (SSSR count). The number of para-hydroxylation sites is 1. The molecule has 264 valence electrons. The second-order valence-corrected chi connectivity index (χ2v) is 13.1. The number of rotatable bonds is 14. The van der Waals surface area contributed by atoms with Crippen molar-refractivity contribution in [2.75, 3.05) is 32.8 Å². The molecule has 0 aliphatic carbocycles. The third-order valence-electron chi connectivity index (χ3n) is 8.81. The van der Waals surface area contributed by atoms with Crippen LogP contribution in [0.4, 0.5) is 0 Å². The Morgan fingerprint density at radius 1 is 0.865 bits per heavy atom. The van der Waals surface area contributed by atoms with E-state index in [1.807, 2.05) is 60.4 Å². The Labute approximate surface area is 310 Å². The molecule has 2 heterocycles. The van der Waals surface area contributed by atoms with E-state index in [4.69, 9.17) is 31.1 Å². The second kappa shape index (κ2) is 18.0. The number of amides is 1. The van der Waals surface area contributed by atoms with E-state index < -0.39 is 0 Å². The van der Waals surface area contributed by atoms with Gasteiger partial charge >= 0.3 is 0 Å². The summed E-state index contributed by atoms with van der Waals surface area (Å²) in [5.74, 6) is 2.37. The Morgan fingerprint density at radius 3 is 2.29 bits per heavy atom. The maximum Gasteiger partial charge on any atom is 0.246 e. The number of piperazine rings is 1. The molecule has 0 unspecified atom stereocenters. The maximum absolute atomic E-state index is 13.0. The molecule has 0 radical (unpaired) electrons. The van der Waals surface area contributed by atoms with Crippen molar-refractivity contribution < 1.29 is 19.0 Å². The van der Waals surface area contributed by atoms with Gasteiger partial charge in [-0.05, 0) is 96.1 Å². The van der Waals surface area contributed by atoms with Crippen LogP contribution >= 0.6 is 11.6 Å². The highest BCUT2D eigenvalue weighted by atomic mass is 35.5. The van der Waals surface area contributed by atoms with E-state index in [1.165, 1.54) is 11.1 Å². The van der Waals surface area contributed by atoms with Gasteiger partial charge in [0.15, 0.2) is 5.75 Å². The number of ether oxygens (including phenoxy) is 3. The third kappa shape index (κ3) is 10.5. The summed E-state index contributed by atoms with van der Waals surface area (Å²) in [5, 5.41) is 9.38. The lowest BCUT2D eigenvalue weighted by Crippen LogP contribution is -2.47. The number of hydrogen-bond acceptors (Lipinski definition) is 7. The lowest BCUT2D eigenvalue weighted by molar-refractivity contribution is -0.127. The van der Waals surface area contributed by atoms with Crippen molar-refractivity contribution in [2.24, 2.45) is 0 Å². The van der Waals surface area contributed by atoms with Crippen molar-refractivity contribution in [1.82, 2.24) is 14.8 Å². The second-order valence-electron chi connectivity index (χ2n) is 12.7. The van der Waals surface area contributed by atoms with E-state index in [0.717, 1.165) is 54.9 Å². The fourth-order valence-electron chi connectivity index (χ4n) is 5.89. The molecule has 1 aliphatic heterocycles. The highest BCUT2D eigenvalue weighted by Gasteiger charge is 2.20. The molecule has 0 bridgehead atoms. The van der Waals surface area contributed by atoms with Gasteiger partial charge in [0.05, 0.1) is 29.5 Å². The van der Waals surface area contributed by atoms with Gasteiger partial charge < -0.3 is 19.1 Å². The van der Waals surface area contributed by atoms with Gasteiger partial charge in [0.25, 0.3) is 0 Å². The van der Waals surface area contributed by atoms with Crippen molar-refractivity contribution in [3.63, 3.8) is 0 Å². The van der Waals surface area contributed by atoms with E-state index in [-0.39, 0.29) is 5.91 Å². The average molecular weight is 713 g/mol. The van der Waals surface area contributed by atoms with E-state index >= 15 is 0 Å². The van der Waals surface area contributed by atoms with Crippen LogP contribution in [-0.4, -0.2) is 53.5 Å². The molecule has 0 atom stereocenters. The van der Waals surface area contributed by atoms with Crippen molar-refractivity contribution in [3.8, 4) is 29.2 Å². The predicted molar refractivity (Wildman–Crippen MR) is 204 cm³/mol. The number of benzene rings is 4. The first-order valence-corrected chi connectivity index (χ1v) is 17.8. The van der Waals surface area contributed by atoms with Crippen LogP contribution in [0.5, 0.6) is 23.1 Å². The molecule has 1 fully saturated rings. The zero-order valence-corrected chi connectivity index (χ0v) is 30.0. The molecule has 8 nitrogen and oxygen atoms in total. The number of pyridine rings is 1. The summed E-state index contributed by atoms with van der Waals surface area (Å²) in [5.41, 5.74) is 5.78. The zero-order chi connectivity index (χ0) is 36.1. The van der Waals surface area contributed by atoms with Crippen LogP contribution in [0, 0.1) is 18.3 Å². The van der Waals surface area contributed by atoms with Gasteiger partial charge in [-0.2, -0.15) is 5.26 Å². The largest absolute Gasteiger partial charge is 0.494 e. The quantitative estimate of drug-likeness (QED) is 0.0841. The molecule has 0 saturated carbocycles. The lowest BCUT2D eigenvalue weighted by Gasteiger charge is -2.34. The van der Waals surface area contributed by atoms with Gasteiger partial charge in [-0.15, -0.1) is 0 Å². The first kappa shape index (κ1) is 36.2. The van der Waals surface area contributed by atoms with Crippen molar-refractivity contribution in [3.05, 3.63) is 154 Å². The molecule has 1 amide bonds. The van der Waals surface area contributed by atoms with Crippen LogP contribution in [0.1, 0.15) is 39.8 Å². The minimum atomic E-state index is -0.0139. The van der Waals surface area contributed by atoms with Gasteiger partial charge in [-0.1, -0.05) is 66.2 Å². The Hall–Kier alpha value is -5.62. The Morgan fingerprint density at radius 2 is 1.60 bits per heavy atom. The predicted octanol–water partition coefficient (Wildman–Crippen LogP) is 8.66. The van der Waals surface area contributed by atoms with Crippen LogP contribution in [0.3, 0.4) is 0 Å². The summed E-state index contributed by atoms with van der Waals surface area (Å²) < 4.78 is 17.6. The summed E-state index contributed by atoms with van der Waals surface area (Å²) in [6.45, 7) is 6.85. The average Bonchev–Trinajstić information content (AvgIpc) is 3.18. The SMILES string of the molecule is Cc1cc(C=CC(=O)N2CCN(Cc3ccc(CCCOc4ccccc4)cc3)CC2)cc(Cl)c1Oc1ccc(OCc2ccc(C#N)cc2)cn1. The van der Waals surface area contributed by atoms with E-state index in [1.54, 1.807) is 48.7 Å². The number of nitrogens with zero attached hydrogens (tertiary/aromatic N) is 4. The summed E-state index contributed by atoms with van der Waals surface area (Å²) in [4.78, 5) is 21.7. The maximum atomic E-state index is 13.0. The molecule has 52 heavy (non-hydrogen) atoms. The molecule has 9 heteroatoms. The standard InChI is InChI=1S/C43H41ClN4O4/c1-32-26-37(27-40(44)43(32)52-41-19-18-39(29-46-41)51-31-36-15-11-34(28-45)12-16-36)17-20-42(49)48-23-21-47(22-24-48)30-35-13-9-33(10-14-35)6-5-25-50-38-7-3-2-4-8-38/h2-4,7-20,26-27,29H,5-6,21-25,30-31H2,1H3. The molecule has 4 aromatic carbocycles. The van der Waals surface area contributed by atoms with E-state index in [9.17, 15) is 4.79 Å². The molecular formula is C43H41ClN4O4. The smallest absolute Gasteiger partial charge is 0.246 e. The number of hydrogen-bond donors (Lipinski definition) is 0. The highest BCUT2D eigenvalue weighted by Crippen LogP contribution is 2.34. The number of aromatic nitrogens is 1. The molecule has 5 aromatic rings. The molecule has 1 saturated heterocycles. The van der Waals surface area contributed by atoms with Crippen molar-refractivity contribution in [1.29, 1.82) is 5.26 Å². The molecule has 1 aromatic heterocycles. The fourth-order valence-corrected chi connectivity index (χ4v) is 6.21. The Kier molecular flexibility index (Phi) is 12.6. The van der Waals surface area contributed by atoms with Gasteiger partial charge in [0, 0.05) is 44.9 Å². The Balaban J connectivity index is 0.922. The topological polar surface area (TPSA) is 87.9 Å².